The highest BCUT2D eigenvalue weighted by Gasteiger charge is 1.93. The molecular formula is C12H17NO2S. The van der Waals surface area contributed by atoms with E-state index in [1.807, 2.05) is 17.5 Å². The van der Waals surface area contributed by atoms with Crippen LogP contribution in [-0.2, 0) is 4.79 Å². The van der Waals surface area contributed by atoms with Gasteiger partial charge >= 0.3 is 5.97 Å². The highest BCUT2D eigenvalue weighted by molar-refractivity contribution is 7.10. The van der Waals surface area contributed by atoms with Crippen molar-refractivity contribution in [3.05, 3.63) is 28.5 Å². The maximum Gasteiger partial charge on any atom is 0.328 e. The van der Waals surface area contributed by atoms with E-state index in [2.05, 4.69) is 5.32 Å². The summed E-state index contributed by atoms with van der Waals surface area (Å²) in [6.07, 6.45) is 6.92. The third-order valence-corrected chi connectivity index (χ3v) is 2.98. The van der Waals surface area contributed by atoms with Gasteiger partial charge in [-0.25, -0.2) is 4.79 Å². The molecule has 1 aliphatic rings. The van der Waals surface area contributed by atoms with Crippen molar-refractivity contribution in [3.8, 4) is 0 Å². The van der Waals surface area contributed by atoms with Crippen LogP contribution in [0.25, 0.3) is 6.08 Å². The average Bonchev–Trinajstić information content (AvgIpc) is 2.82. The topological polar surface area (TPSA) is 49.3 Å². The van der Waals surface area contributed by atoms with Gasteiger partial charge in [-0.05, 0) is 43.5 Å². The molecule has 0 radical (unpaired) electrons. The fraction of sp³-hybridized carbons (Fsp3) is 0.417. The molecule has 0 saturated carbocycles. The molecule has 0 unspecified atom stereocenters. The number of hydrogen-bond acceptors (Lipinski definition) is 3. The molecule has 1 aromatic heterocycles. The summed E-state index contributed by atoms with van der Waals surface area (Å²) < 4.78 is 0. The lowest BCUT2D eigenvalue weighted by molar-refractivity contribution is -0.131. The Hall–Kier alpha value is -1.13. The van der Waals surface area contributed by atoms with Gasteiger partial charge in [0.05, 0.1) is 0 Å². The zero-order valence-electron chi connectivity index (χ0n) is 9.19. The highest BCUT2D eigenvalue weighted by Crippen LogP contribution is 2.09. The van der Waals surface area contributed by atoms with Gasteiger partial charge in [-0.3, -0.25) is 0 Å². The lowest BCUT2D eigenvalue weighted by atomic mass is 10.2. The Morgan fingerprint density at radius 1 is 1.38 bits per heavy atom. The molecule has 1 fully saturated rings. The Balaban J connectivity index is 0.000000181. The number of piperidine rings is 1. The molecule has 0 spiro atoms. The van der Waals surface area contributed by atoms with Crippen molar-refractivity contribution < 1.29 is 9.90 Å². The smallest absolute Gasteiger partial charge is 0.328 e. The molecule has 3 nitrogen and oxygen atoms in total. The van der Waals surface area contributed by atoms with Crippen LogP contribution in [0.2, 0.25) is 0 Å². The van der Waals surface area contributed by atoms with Gasteiger partial charge in [0.1, 0.15) is 0 Å². The summed E-state index contributed by atoms with van der Waals surface area (Å²) in [7, 11) is 0. The van der Waals surface area contributed by atoms with E-state index < -0.39 is 5.97 Å². The summed E-state index contributed by atoms with van der Waals surface area (Å²) in [6, 6.07) is 3.75. The van der Waals surface area contributed by atoms with Crippen LogP contribution in [0, 0.1) is 0 Å². The van der Waals surface area contributed by atoms with Crippen molar-refractivity contribution in [3.63, 3.8) is 0 Å². The van der Waals surface area contributed by atoms with E-state index in [-0.39, 0.29) is 0 Å². The van der Waals surface area contributed by atoms with Gasteiger partial charge < -0.3 is 10.4 Å². The number of rotatable bonds is 2. The standard InChI is InChI=1S/C7H6O2S.C5H11N/c8-7(9)4-3-6-2-1-5-10-6;1-2-4-6-5-3-1/h1-5H,(H,8,9);6H,1-5H2. The number of hydrogen-bond donors (Lipinski definition) is 2. The Morgan fingerprint density at radius 2 is 2.12 bits per heavy atom. The lowest BCUT2D eigenvalue weighted by Crippen LogP contribution is -2.21. The molecule has 2 N–H and O–H groups in total. The fourth-order valence-electron chi connectivity index (χ4n) is 1.34. The van der Waals surface area contributed by atoms with Crippen LogP contribution in [0.4, 0.5) is 0 Å². The Kier molecular flexibility index (Phi) is 6.53. The fourth-order valence-corrected chi connectivity index (χ4v) is 1.96. The first-order valence-electron chi connectivity index (χ1n) is 5.44. The molecular weight excluding hydrogens is 222 g/mol. The Bertz CT molecular complexity index is 304. The minimum atomic E-state index is -0.909. The van der Waals surface area contributed by atoms with Gasteiger partial charge in [-0.2, -0.15) is 0 Å². The van der Waals surface area contributed by atoms with Crippen LogP contribution in [0.3, 0.4) is 0 Å². The summed E-state index contributed by atoms with van der Waals surface area (Å²) in [4.78, 5) is 11.0. The number of carboxylic acid groups (broad SMARTS) is 1. The minimum absolute atomic E-state index is 0.909. The van der Waals surface area contributed by atoms with Gasteiger partial charge in [-0.1, -0.05) is 12.5 Å². The number of carboxylic acids is 1. The van der Waals surface area contributed by atoms with Gasteiger partial charge in [0.25, 0.3) is 0 Å². The molecule has 1 aliphatic heterocycles. The Labute approximate surface area is 99.8 Å². The Morgan fingerprint density at radius 3 is 2.50 bits per heavy atom. The molecule has 0 atom stereocenters. The minimum Gasteiger partial charge on any atom is -0.478 e. The zero-order chi connectivity index (χ0) is 11.6. The normalized spacial score (nSPS) is 15.5. The summed E-state index contributed by atoms with van der Waals surface area (Å²) in [5.41, 5.74) is 0. The molecule has 0 aromatic carbocycles. The quantitative estimate of drug-likeness (QED) is 0.780. The first kappa shape index (κ1) is 12.9. The molecule has 0 aliphatic carbocycles. The van der Waals surface area contributed by atoms with Gasteiger partial charge in [0.15, 0.2) is 0 Å². The van der Waals surface area contributed by atoms with E-state index in [1.54, 1.807) is 6.08 Å². The second-order valence-electron chi connectivity index (χ2n) is 3.50. The van der Waals surface area contributed by atoms with Crippen LogP contribution in [0.5, 0.6) is 0 Å². The molecule has 0 bridgehead atoms. The van der Waals surface area contributed by atoms with E-state index in [1.165, 1.54) is 43.7 Å². The van der Waals surface area contributed by atoms with Crippen molar-refractivity contribution in [2.24, 2.45) is 0 Å². The van der Waals surface area contributed by atoms with Crippen molar-refractivity contribution in [1.29, 1.82) is 0 Å². The second-order valence-corrected chi connectivity index (χ2v) is 4.48. The van der Waals surface area contributed by atoms with Crippen LogP contribution in [0.15, 0.2) is 23.6 Å². The predicted molar refractivity (Wildman–Crippen MR) is 67.7 cm³/mol. The van der Waals surface area contributed by atoms with Crippen molar-refractivity contribution in [2.45, 2.75) is 19.3 Å². The van der Waals surface area contributed by atoms with Crippen molar-refractivity contribution >= 4 is 23.4 Å². The van der Waals surface area contributed by atoms with E-state index >= 15 is 0 Å². The number of nitrogens with one attached hydrogen (secondary N) is 1. The second kappa shape index (κ2) is 8.07. The van der Waals surface area contributed by atoms with Crippen LogP contribution < -0.4 is 5.32 Å². The third-order valence-electron chi connectivity index (χ3n) is 2.14. The van der Waals surface area contributed by atoms with Gasteiger partial charge in [-0.15, -0.1) is 11.3 Å². The van der Waals surface area contributed by atoms with Gasteiger partial charge in [0, 0.05) is 11.0 Å². The largest absolute Gasteiger partial charge is 0.478 e. The molecule has 88 valence electrons. The van der Waals surface area contributed by atoms with Gasteiger partial charge in [0.2, 0.25) is 0 Å². The molecule has 0 amide bonds. The number of aliphatic carboxylic acids is 1. The molecule has 1 saturated heterocycles. The first-order chi connectivity index (χ1) is 7.79. The summed E-state index contributed by atoms with van der Waals surface area (Å²) >= 11 is 1.51. The SMILES string of the molecule is C1CCNCC1.O=C(O)C=Cc1cccs1. The predicted octanol–water partition coefficient (Wildman–Crippen LogP) is 2.61. The van der Waals surface area contributed by atoms with E-state index in [0.717, 1.165) is 11.0 Å². The van der Waals surface area contributed by atoms with E-state index in [4.69, 9.17) is 5.11 Å². The zero-order valence-corrected chi connectivity index (χ0v) is 10.0. The van der Waals surface area contributed by atoms with E-state index in [0.29, 0.717) is 0 Å². The van der Waals surface area contributed by atoms with Crippen LogP contribution in [-0.4, -0.2) is 24.2 Å². The summed E-state index contributed by atoms with van der Waals surface area (Å²) in [5, 5.41) is 13.4. The maximum atomic E-state index is 10.0. The van der Waals surface area contributed by atoms with Crippen molar-refractivity contribution in [2.75, 3.05) is 13.1 Å². The lowest BCUT2D eigenvalue weighted by Gasteiger charge is -2.08. The average molecular weight is 239 g/mol. The molecule has 2 rings (SSSR count). The summed E-state index contributed by atoms with van der Waals surface area (Å²) in [5.74, 6) is -0.909. The third kappa shape index (κ3) is 6.37. The molecule has 1 aromatic rings. The van der Waals surface area contributed by atoms with Crippen LogP contribution in [0.1, 0.15) is 24.1 Å². The molecule has 4 heteroatoms. The number of carbonyl (C=O) groups is 1. The number of thiophene rings is 1. The molecule has 16 heavy (non-hydrogen) atoms. The van der Waals surface area contributed by atoms with E-state index in [9.17, 15) is 4.79 Å². The maximum absolute atomic E-state index is 10.0. The monoisotopic (exact) mass is 239 g/mol. The summed E-state index contributed by atoms with van der Waals surface area (Å²) in [6.45, 7) is 2.50. The van der Waals surface area contributed by atoms with Crippen molar-refractivity contribution in [1.82, 2.24) is 5.32 Å². The molecule has 2 heterocycles. The van der Waals surface area contributed by atoms with Crippen LogP contribution >= 0.6 is 11.3 Å². The first-order valence-corrected chi connectivity index (χ1v) is 6.32. The highest BCUT2D eigenvalue weighted by atomic mass is 32.1.